The van der Waals surface area contributed by atoms with Crippen molar-refractivity contribution in [3.8, 4) is 0 Å². The van der Waals surface area contributed by atoms with Gasteiger partial charge in [-0.25, -0.2) is 0 Å². The number of rotatable bonds is 2. The molecule has 0 saturated carbocycles. The lowest BCUT2D eigenvalue weighted by atomic mass is 10.6. The van der Waals surface area contributed by atoms with Crippen LogP contribution in [0.1, 0.15) is 0 Å². The van der Waals surface area contributed by atoms with Crippen LogP contribution in [0.25, 0.3) is 0 Å². The van der Waals surface area contributed by atoms with Gasteiger partial charge in [-0.15, -0.1) is 5.11 Å². The Morgan fingerprint density at radius 1 is 1.25 bits per heavy atom. The fraction of sp³-hybridized carbons (Fsp3) is 0. The van der Waals surface area contributed by atoms with E-state index in [2.05, 4.69) is 16.2 Å². The van der Waals surface area contributed by atoms with Crippen LogP contribution in [0.4, 0.5) is 0 Å². The van der Waals surface area contributed by atoms with Crippen LogP contribution in [0.5, 0.6) is 0 Å². The molecule has 0 bridgehead atoms. The Balaban J connectivity index is 3.35. The van der Waals surface area contributed by atoms with E-state index < -0.39 is 0 Å². The smallest absolute Gasteiger partial charge is 0.0513 e. The van der Waals surface area contributed by atoms with Gasteiger partial charge in [-0.3, -0.25) is 0 Å². The van der Waals surface area contributed by atoms with Crippen LogP contribution < -0.4 is 11.6 Å². The van der Waals surface area contributed by atoms with Crippen molar-refractivity contribution in [2.45, 2.75) is 0 Å². The maximum atomic E-state index is 4.98. The summed E-state index contributed by atoms with van der Waals surface area (Å²) in [6, 6.07) is 0. The highest BCUT2D eigenvalue weighted by Gasteiger charge is 1.56. The first-order valence-corrected chi connectivity index (χ1v) is 2.05. The van der Waals surface area contributed by atoms with Crippen LogP contribution >= 0.6 is 0 Å². The normalized spacial score (nSPS) is 12.5. The molecule has 0 aromatic heterocycles. The number of hydrogen-bond donors (Lipinski definition) is 2. The zero-order valence-corrected chi connectivity index (χ0v) is 4.36. The minimum Gasteiger partial charge on any atom is -0.405 e. The molecular formula is C4H8N4. The average molecular weight is 112 g/mol. The second-order valence-electron chi connectivity index (χ2n) is 0.957. The Morgan fingerprint density at radius 3 is 2.50 bits per heavy atom. The molecule has 0 aromatic rings. The standard InChI is InChI=1S/C4H8N4/c5-3-1-2-4-7-8-6/h1-4H,5H2,(H2,6,7). The van der Waals surface area contributed by atoms with Gasteiger partial charge >= 0.3 is 0 Å². The first-order chi connectivity index (χ1) is 3.91. The minimum absolute atomic E-state index is 1.39. The average Bonchev–Trinajstić information content (AvgIpc) is 1.81. The summed E-state index contributed by atoms with van der Waals surface area (Å²) in [5.41, 5.74) is 4.98. The van der Waals surface area contributed by atoms with Gasteiger partial charge in [0, 0.05) is 0 Å². The predicted molar refractivity (Wildman–Crippen MR) is 31.5 cm³/mol. The number of allylic oxidation sites excluding steroid dienone is 2. The molecule has 0 heterocycles. The summed E-state index contributed by atoms with van der Waals surface area (Å²) in [4.78, 5) is 0. The van der Waals surface area contributed by atoms with Crippen LogP contribution in [0, 0.1) is 0 Å². The predicted octanol–water partition coefficient (Wildman–Crippen LogP) is 0.298. The molecule has 0 atom stereocenters. The molecule has 0 saturated heterocycles. The summed E-state index contributed by atoms with van der Waals surface area (Å²) in [5.74, 6) is 4.66. The van der Waals surface area contributed by atoms with Crippen molar-refractivity contribution in [3.63, 3.8) is 0 Å². The molecule has 0 rings (SSSR count). The Bertz CT molecular complexity index is 99.2. The summed E-state index contributed by atoms with van der Waals surface area (Å²) >= 11 is 0. The molecule has 0 aliphatic heterocycles. The van der Waals surface area contributed by atoms with Crippen molar-refractivity contribution in [2.24, 2.45) is 21.9 Å². The quantitative estimate of drug-likeness (QED) is 0.233. The van der Waals surface area contributed by atoms with Crippen LogP contribution in [0.3, 0.4) is 0 Å². The van der Waals surface area contributed by atoms with Crippen LogP contribution in [0.15, 0.2) is 34.9 Å². The number of hydrogen-bond acceptors (Lipinski definition) is 3. The summed E-state index contributed by atoms with van der Waals surface area (Å²) in [6.45, 7) is 0. The van der Waals surface area contributed by atoms with E-state index in [4.69, 9.17) is 5.73 Å². The van der Waals surface area contributed by atoms with Crippen molar-refractivity contribution in [1.29, 1.82) is 0 Å². The summed E-state index contributed by atoms with van der Waals surface area (Å²) in [6.07, 6.45) is 6.07. The Kier molecular flexibility index (Phi) is 4.74. The Hall–Kier alpha value is -1.32. The molecule has 0 unspecified atom stereocenters. The second kappa shape index (κ2) is 5.68. The molecule has 44 valence electrons. The van der Waals surface area contributed by atoms with E-state index in [1.165, 1.54) is 12.4 Å². The lowest BCUT2D eigenvalue weighted by Gasteiger charge is -1.68. The van der Waals surface area contributed by atoms with E-state index in [1.807, 2.05) is 0 Å². The van der Waals surface area contributed by atoms with Crippen molar-refractivity contribution < 1.29 is 0 Å². The molecule has 0 radical (unpaired) electrons. The van der Waals surface area contributed by atoms with Gasteiger partial charge < -0.3 is 11.6 Å². The van der Waals surface area contributed by atoms with E-state index in [9.17, 15) is 0 Å². The molecule has 4 heteroatoms. The monoisotopic (exact) mass is 112 g/mol. The minimum atomic E-state index is 1.39. The summed E-state index contributed by atoms with van der Waals surface area (Å²) in [5, 5.41) is 6.30. The molecule has 0 fully saturated rings. The third kappa shape index (κ3) is 4.68. The first kappa shape index (κ1) is 6.68. The molecule has 8 heavy (non-hydrogen) atoms. The molecule has 4 N–H and O–H groups in total. The maximum absolute atomic E-state index is 4.98. The lowest BCUT2D eigenvalue weighted by molar-refractivity contribution is 1.06. The Labute approximate surface area is 47.6 Å². The van der Waals surface area contributed by atoms with Crippen molar-refractivity contribution >= 4 is 0 Å². The third-order valence-electron chi connectivity index (χ3n) is 0.442. The van der Waals surface area contributed by atoms with Crippen LogP contribution in [0.2, 0.25) is 0 Å². The molecule has 0 aromatic carbocycles. The lowest BCUT2D eigenvalue weighted by Crippen LogP contribution is -1.73. The van der Waals surface area contributed by atoms with Gasteiger partial charge in [0.15, 0.2) is 0 Å². The van der Waals surface area contributed by atoms with Gasteiger partial charge in [-0.2, -0.15) is 0 Å². The van der Waals surface area contributed by atoms with Gasteiger partial charge in [0.2, 0.25) is 0 Å². The largest absolute Gasteiger partial charge is 0.405 e. The number of nitrogens with two attached hydrogens (primary N) is 2. The molecule has 0 amide bonds. The van der Waals surface area contributed by atoms with E-state index in [-0.39, 0.29) is 0 Å². The van der Waals surface area contributed by atoms with Crippen LogP contribution in [-0.2, 0) is 0 Å². The van der Waals surface area contributed by atoms with Crippen molar-refractivity contribution in [1.82, 2.24) is 0 Å². The van der Waals surface area contributed by atoms with E-state index >= 15 is 0 Å². The fourth-order valence-corrected chi connectivity index (χ4v) is 0.191. The SMILES string of the molecule is NC=CC=CN=NN. The zero-order chi connectivity index (χ0) is 6.24. The highest BCUT2D eigenvalue weighted by atomic mass is 15.3. The molecule has 0 spiro atoms. The second-order valence-corrected chi connectivity index (χ2v) is 0.957. The van der Waals surface area contributed by atoms with Gasteiger partial charge in [0.25, 0.3) is 0 Å². The molecular weight excluding hydrogens is 104 g/mol. The van der Waals surface area contributed by atoms with Crippen molar-refractivity contribution in [3.05, 3.63) is 24.6 Å². The summed E-state index contributed by atoms with van der Waals surface area (Å²) < 4.78 is 0. The number of nitrogens with zero attached hydrogens (tertiary/aromatic N) is 2. The first-order valence-electron chi connectivity index (χ1n) is 2.05. The van der Waals surface area contributed by atoms with Crippen molar-refractivity contribution in [2.75, 3.05) is 0 Å². The Morgan fingerprint density at radius 2 is 2.00 bits per heavy atom. The highest BCUT2D eigenvalue weighted by Crippen LogP contribution is 1.74. The van der Waals surface area contributed by atoms with E-state index in [1.54, 1.807) is 12.2 Å². The third-order valence-corrected chi connectivity index (χ3v) is 0.442. The van der Waals surface area contributed by atoms with Gasteiger partial charge in [-0.05, 0) is 18.4 Å². The fourth-order valence-electron chi connectivity index (χ4n) is 0.191. The van der Waals surface area contributed by atoms with Crippen LogP contribution in [-0.4, -0.2) is 0 Å². The maximum Gasteiger partial charge on any atom is 0.0513 e. The zero-order valence-electron chi connectivity index (χ0n) is 4.36. The molecule has 0 aliphatic carbocycles. The van der Waals surface area contributed by atoms with Gasteiger partial charge in [-0.1, -0.05) is 5.22 Å². The van der Waals surface area contributed by atoms with E-state index in [0.717, 1.165) is 0 Å². The van der Waals surface area contributed by atoms with Gasteiger partial charge in [0.1, 0.15) is 0 Å². The van der Waals surface area contributed by atoms with E-state index in [0.29, 0.717) is 0 Å². The molecule has 4 nitrogen and oxygen atoms in total. The topological polar surface area (TPSA) is 76.8 Å². The highest BCUT2D eigenvalue weighted by molar-refractivity contribution is 4.98. The van der Waals surface area contributed by atoms with Gasteiger partial charge in [0.05, 0.1) is 6.20 Å². The summed E-state index contributed by atoms with van der Waals surface area (Å²) in [7, 11) is 0. The molecule has 0 aliphatic rings.